The maximum absolute atomic E-state index is 12.6. The zero-order chi connectivity index (χ0) is 15.7. The Labute approximate surface area is 130 Å². The molecule has 3 rings (SSSR count). The Balaban J connectivity index is 1.92. The summed E-state index contributed by atoms with van der Waals surface area (Å²) in [4.78, 5) is 0. The van der Waals surface area contributed by atoms with Gasteiger partial charge in [-0.1, -0.05) is 25.1 Å². The minimum atomic E-state index is -3.34. The zero-order valence-corrected chi connectivity index (χ0v) is 13.7. The van der Waals surface area contributed by atoms with Gasteiger partial charge in [0.25, 0.3) is 0 Å². The Kier molecular flexibility index (Phi) is 4.25. The number of hydrogen-bond donors (Lipinski definition) is 0. The third kappa shape index (κ3) is 2.66. The second kappa shape index (κ2) is 6.02. The summed E-state index contributed by atoms with van der Waals surface area (Å²) in [7, 11) is -1.71. The highest BCUT2D eigenvalue weighted by Gasteiger charge is 2.33. The molecule has 0 aliphatic carbocycles. The van der Waals surface area contributed by atoms with Gasteiger partial charge < -0.3 is 9.15 Å². The first kappa shape index (κ1) is 15.5. The van der Waals surface area contributed by atoms with E-state index in [0.717, 1.165) is 28.7 Å². The summed E-state index contributed by atoms with van der Waals surface area (Å²) in [5.74, 6) is 0.853. The molecule has 1 saturated heterocycles. The van der Waals surface area contributed by atoms with Crippen LogP contribution in [0.4, 0.5) is 0 Å². The Bertz CT molecular complexity index is 760. The molecule has 1 fully saturated rings. The summed E-state index contributed by atoms with van der Waals surface area (Å²) >= 11 is 0. The molecule has 1 unspecified atom stereocenters. The van der Waals surface area contributed by atoms with Gasteiger partial charge in [-0.15, -0.1) is 0 Å². The number of furan rings is 1. The van der Waals surface area contributed by atoms with Crippen molar-refractivity contribution in [3.05, 3.63) is 35.6 Å². The molecule has 6 heteroatoms. The van der Waals surface area contributed by atoms with E-state index < -0.39 is 15.3 Å². The molecule has 2 heterocycles. The normalized spacial score (nSPS) is 19.3. The summed E-state index contributed by atoms with van der Waals surface area (Å²) in [5, 5.41) is 0.560. The Morgan fingerprint density at radius 2 is 2.09 bits per heavy atom. The summed E-state index contributed by atoms with van der Waals surface area (Å²) in [5.41, 5.74) is 1.77. The molecule has 0 N–H and O–H groups in total. The van der Waals surface area contributed by atoms with Crippen molar-refractivity contribution < 1.29 is 17.6 Å². The molecule has 5 nitrogen and oxygen atoms in total. The van der Waals surface area contributed by atoms with Crippen molar-refractivity contribution >= 4 is 21.0 Å². The largest absolute Gasteiger partial charge is 0.461 e. The van der Waals surface area contributed by atoms with Gasteiger partial charge in [-0.05, 0) is 12.5 Å². The number of benzene rings is 1. The van der Waals surface area contributed by atoms with Crippen LogP contribution in [-0.4, -0.2) is 38.2 Å². The summed E-state index contributed by atoms with van der Waals surface area (Å²) in [6, 6.07) is 7.76. The van der Waals surface area contributed by atoms with Crippen molar-refractivity contribution in [2.45, 2.75) is 31.6 Å². The van der Waals surface area contributed by atoms with Gasteiger partial charge in [0.2, 0.25) is 10.0 Å². The third-order valence-corrected chi connectivity index (χ3v) is 6.44. The van der Waals surface area contributed by atoms with Crippen LogP contribution in [0.25, 0.3) is 11.0 Å². The van der Waals surface area contributed by atoms with Gasteiger partial charge >= 0.3 is 0 Å². The molecule has 0 radical (unpaired) electrons. The first-order chi connectivity index (χ1) is 10.5. The highest BCUT2D eigenvalue weighted by Crippen LogP contribution is 2.29. The van der Waals surface area contributed by atoms with Crippen LogP contribution in [0.2, 0.25) is 0 Å². The highest BCUT2D eigenvalue weighted by molar-refractivity contribution is 7.89. The fourth-order valence-corrected chi connectivity index (χ4v) is 4.40. The lowest BCUT2D eigenvalue weighted by Gasteiger charge is -2.20. The second-order valence-corrected chi connectivity index (χ2v) is 7.96. The Hall–Kier alpha value is -1.37. The van der Waals surface area contributed by atoms with Crippen LogP contribution < -0.4 is 0 Å². The lowest BCUT2D eigenvalue weighted by Crippen LogP contribution is -2.36. The van der Waals surface area contributed by atoms with Crippen molar-refractivity contribution in [1.29, 1.82) is 0 Å². The van der Waals surface area contributed by atoms with Crippen molar-refractivity contribution in [3.8, 4) is 0 Å². The van der Waals surface area contributed by atoms with Crippen LogP contribution in [-0.2, 0) is 27.7 Å². The molecule has 0 spiro atoms. The second-order valence-electron chi connectivity index (χ2n) is 5.64. The predicted octanol–water partition coefficient (Wildman–Crippen LogP) is 2.55. The number of ether oxygens (including phenoxy) is 1. The lowest BCUT2D eigenvalue weighted by molar-refractivity contribution is 0.198. The number of aryl methyl sites for hydroxylation is 1. The van der Waals surface area contributed by atoms with E-state index in [1.54, 1.807) is 7.05 Å². The van der Waals surface area contributed by atoms with Crippen molar-refractivity contribution in [1.82, 2.24) is 4.31 Å². The van der Waals surface area contributed by atoms with Crippen molar-refractivity contribution in [2.75, 3.05) is 20.3 Å². The van der Waals surface area contributed by atoms with Gasteiger partial charge in [0, 0.05) is 37.6 Å². The van der Waals surface area contributed by atoms with E-state index in [2.05, 4.69) is 0 Å². The number of hydrogen-bond acceptors (Lipinski definition) is 4. The standard InChI is InChI=1S/C16H21NO4S/c1-3-15-14(13-6-4-5-7-16(13)21-15)10-17(2)22(18,19)12-8-9-20-11-12/h4-7,12H,3,8-11H2,1-2H3. The van der Waals surface area contributed by atoms with Crippen molar-refractivity contribution in [3.63, 3.8) is 0 Å². The molecule has 0 bridgehead atoms. The maximum Gasteiger partial charge on any atom is 0.219 e. The molecule has 2 aromatic rings. The van der Waals surface area contributed by atoms with Crippen LogP contribution in [0.5, 0.6) is 0 Å². The first-order valence-corrected chi connectivity index (χ1v) is 9.06. The predicted molar refractivity (Wildman–Crippen MR) is 85.2 cm³/mol. The number of sulfonamides is 1. The smallest absolute Gasteiger partial charge is 0.219 e. The topological polar surface area (TPSA) is 59.8 Å². The van der Waals surface area contributed by atoms with Crippen LogP contribution in [0, 0.1) is 0 Å². The van der Waals surface area contributed by atoms with E-state index in [1.165, 1.54) is 4.31 Å². The summed E-state index contributed by atoms with van der Waals surface area (Å²) in [6.45, 7) is 3.16. The Morgan fingerprint density at radius 3 is 2.77 bits per heavy atom. The number of para-hydroxylation sites is 1. The van der Waals surface area contributed by atoms with E-state index >= 15 is 0 Å². The van der Waals surface area contributed by atoms with Crippen molar-refractivity contribution in [2.24, 2.45) is 0 Å². The van der Waals surface area contributed by atoms with Gasteiger partial charge in [-0.2, -0.15) is 0 Å². The average molecular weight is 323 g/mol. The average Bonchev–Trinajstić information content (AvgIpc) is 3.15. The highest BCUT2D eigenvalue weighted by atomic mass is 32.2. The lowest BCUT2D eigenvalue weighted by atomic mass is 10.1. The molecule has 120 valence electrons. The SMILES string of the molecule is CCc1oc2ccccc2c1CN(C)S(=O)(=O)C1CCOC1. The van der Waals surface area contributed by atoms with Gasteiger partial charge in [0.05, 0.1) is 6.61 Å². The Morgan fingerprint density at radius 1 is 1.32 bits per heavy atom. The van der Waals surface area contributed by atoms with Gasteiger partial charge in [-0.25, -0.2) is 12.7 Å². The van der Waals surface area contributed by atoms with Crippen LogP contribution >= 0.6 is 0 Å². The molecular weight excluding hydrogens is 302 g/mol. The van der Waals surface area contributed by atoms with Gasteiger partial charge in [-0.3, -0.25) is 0 Å². The first-order valence-electron chi connectivity index (χ1n) is 7.56. The van der Waals surface area contributed by atoms with E-state index in [-0.39, 0.29) is 0 Å². The van der Waals surface area contributed by atoms with E-state index in [4.69, 9.17) is 9.15 Å². The summed E-state index contributed by atoms with van der Waals surface area (Å²) in [6.07, 6.45) is 1.31. The molecule has 0 amide bonds. The fraction of sp³-hybridized carbons (Fsp3) is 0.500. The molecule has 1 aliphatic heterocycles. The molecule has 1 aliphatic rings. The van der Waals surface area contributed by atoms with Crippen LogP contribution in [0.1, 0.15) is 24.7 Å². The molecule has 0 saturated carbocycles. The minimum absolute atomic E-state index is 0.291. The monoisotopic (exact) mass is 323 g/mol. The van der Waals surface area contributed by atoms with Gasteiger partial charge in [0.15, 0.2) is 0 Å². The number of nitrogens with zero attached hydrogens (tertiary/aromatic N) is 1. The molecule has 1 aromatic heterocycles. The third-order valence-electron chi connectivity index (χ3n) is 4.23. The molecular formula is C16H21NO4S. The molecule has 1 atom stereocenters. The number of fused-ring (bicyclic) bond motifs is 1. The van der Waals surface area contributed by atoms with E-state index in [0.29, 0.717) is 26.2 Å². The van der Waals surface area contributed by atoms with Crippen LogP contribution in [0.15, 0.2) is 28.7 Å². The minimum Gasteiger partial charge on any atom is -0.461 e. The fourth-order valence-electron chi connectivity index (χ4n) is 2.92. The summed E-state index contributed by atoms with van der Waals surface area (Å²) < 4.78 is 37.7. The van der Waals surface area contributed by atoms with Gasteiger partial charge in [0.1, 0.15) is 16.6 Å². The molecule has 22 heavy (non-hydrogen) atoms. The van der Waals surface area contributed by atoms with E-state index in [9.17, 15) is 8.42 Å². The molecule has 1 aromatic carbocycles. The quantitative estimate of drug-likeness (QED) is 0.848. The zero-order valence-electron chi connectivity index (χ0n) is 12.9. The van der Waals surface area contributed by atoms with Crippen LogP contribution in [0.3, 0.4) is 0 Å². The number of rotatable bonds is 5. The van der Waals surface area contributed by atoms with E-state index in [1.807, 2.05) is 31.2 Å². The maximum atomic E-state index is 12.6.